The molecule has 2 heterocycles. The van der Waals surface area contributed by atoms with Gasteiger partial charge in [-0.25, -0.2) is 9.97 Å². The standard InChI is InChI=1S/C16H28N4S/c1-4-8-14-19-15(17-5-2)12(3)16(20-14)18-11-13-9-6-7-10-21-13/h13H,4-11H2,1-3H3,(H2,17,18,19,20). The summed E-state index contributed by atoms with van der Waals surface area (Å²) in [5, 5.41) is 7.65. The van der Waals surface area contributed by atoms with E-state index in [0.29, 0.717) is 0 Å². The second kappa shape index (κ2) is 8.47. The van der Waals surface area contributed by atoms with Crippen LogP contribution in [0.3, 0.4) is 0 Å². The van der Waals surface area contributed by atoms with Gasteiger partial charge in [0.2, 0.25) is 0 Å². The largest absolute Gasteiger partial charge is 0.370 e. The molecule has 0 saturated carbocycles. The maximum absolute atomic E-state index is 4.72. The van der Waals surface area contributed by atoms with Crippen LogP contribution in [0, 0.1) is 6.92 Å². The van der Waals surface area contributed by atoms with Gasteiger partial charge in [-0.1, -0.05) is 13.3 Å². The molecule has 2 N–H and O–H groups in total. The molecular formula is C16H28N4S. The Morgan fingerprint density at radius 3 is 2.52 bits per heavy atom. The van der Waals surface area contributed by atoms with Crippen LogP contribution >= 0.6 is 11.8 Å². The van der Waals surface area contributed by atoms with E-state index in [4.69, 9.17) is 4.98 Å². The Labute approximate surface area is 132 Å². The highest BCUT2D eigenvalue weighted by Gasteiger charge is 2.15. The number of nitrogens with one attached hydrogen (secondary N) is 2. The van der Waals surface area contributed by atoms with E-state index in [1.807, 2.05) is 0 Å². The van der Waals surface area contributed by atoms with Gasteiger partial charge in [-0.3, -0.25) is 0 Å². The quantitative estimate of drug-likeness (QED) is 0.801. The molecule has 1 aromatic heterocycles. The molecule has 1 atom stereocenters. The van der Waals surface area contributed by atoms with E-state index in [2.05, 4.69) is 48.2 Å². The monoisotopic (exact) mass is 308 g/mol. The number of aryl methyl sites for hydroxylation is 1. The fourth-order valence-electron chi connectivity index (χ4n) is 2.59. The van der Waals surface area contributed by atoms with E-state index in [-0.39, 0.29) is 0 Å². The lowest BCUT2D eigenvalue weighted by atomic mass is 10.2. The number of hydrogen-bond donors (Lipinski definition) is 2. The third-order valence-corrected chi connectivity index (χ3v) is 5.18. The predicted molar refractivity (Wildman–Crippen MR) is 93.5 cm³/mol. The summed E-state index contributed by atoms with van der Waals surface area (Å²) in [5.74, 6) is 4.24. The second-order valence-electron chi connectivity index (χ2n) is 5.61. The zero-order valence-corrected chi connectivity index (χ0v) is 14.4. The van der Waals surface area contributed by atoms with Crippen LogP contribution in [0.1, 0.15) is 50.9 Å². The Bertz CT molecular complexity index is 444. The van der Waals surface area contributed by atoms with Crippen molar-refractivity contribution in [3.8, 4) is 0 Å². The van der Waals surface area contributed by atoms with Crippen LogP contribution in [0.15, 0.2) is 0 Å². The molecule has 0 aromatic carbocycles. The van der Waals surface area contributed by atoms with Gasteiger partial charge in [0.05, 0.1) is 0 Å². The minimum atomic E-state index is 0.727. The van der Waals surface area contributed by atoms with Crippen molar-refractivity contribution >= 4 is 23.4 Å². The molecule has 0 amide bonds. The minimum absolute atomic E-state index is 0.727. The van der Waals surface area contributed by atoms with E-state index in [1.54, 1.807) is 0 Å². The summed E-state index contributed by atoms with van der Waals surface area (Å²) in [6.07, 6.45) is 6.08. The van der Waals surface area contributed by atoms with Gasteiger partial charge in [-0.05, 0) is 38.9 Å². The molecule has 0 aliphatic carbocycles. The number of nitrogens with zero attached hydrogens (tertiary/aromatic N) is 2. The van der Waals surface area contributed by atoms with Gasteiger partial charge < -0.3 is 10.6 Å². The van der Waals surface area contributed by atoms with Crippen molar-refractivity contribution in [1.82, 2.24) is 9.97 Å². The summed E-state index contributed by atoms with van der Waals surface area (Å²) < 4.78 is 0. The molecule has 1 aliphatic rings. The Hall–Kier alpha value is -0.970. The van der Waals surface area contributed by atoms with Crippen molar-refractivity contribution in [1.29, 1.82) is 0 Å². The van der Waals surface area contributed by atoms with Gasteiger partial charge >= 0.3 is 0 Å². The fraction of sp³-hybridized carbons (Fsp3) is 0.750. The van der Waals surface area contributed by atoms with Crippen molar-refractivity contribution < 1.29 is 0 Å². The van der Waals surface area contributed by atoms with Gasteiger partial charge in [-0.2, -0.15) is 11.8 Å². The maximum atomic E-state index is 4.72. The lowest BCUT2D eigenvalue weighted by Gasteiger charge is -2.22. The summed E-state index contributed by atoms with van der Waals surface area (Å²) in [6, 6.07) is 0. The van der Waals surface area contributed by atoms with Crippen LogP contribution in [0.25, 0.3) is 0 Å². The Kier molecular flexibility index (Phi) is 6.61. The van der Waals surface area contributed by atoms with Crippen molar-refractivity contribution in [2.24, 2.45) is 0 Å². The number of hydrogen-bond acceptors (Lipinski definition) is 5. The van der Waals surface area contributed by atoms with E-state index in [9.17, 15) is 0 Å². The fourth-order valence-corrected chi connectivity index (χ4v) is 3.83. The Morgan fingerprint density at radius 2 is 1.90 bits per heavy atom. The first-order valence-corrected chi connectivity index (χ1v) is 9.26. The lowest BCUT2D eigenvalue weighted by Crippen LogP contribution is -2.21. The van der Waals surface area contributed by atoms with Gasteiger partial charge in [-0.15, -0.1) is 0 Å². The molecular weight excluding hydrogens is 280 g/mol. The van der Waals surface area contributed by atoms with E-state index < -0.39 is 0 Å². The molecule has 1 fully saturated rings. The van der Waals surface area contributed by atoms with Gasteiger partial charge in [0.15, 0.2) is 0 Å². The summed E-state index contributed by atoms with van der Waals surface area (Å²) in [5.41, 5.74) is 1.14. The summed E-state index contributed by atoms with van der Waals surface area (Å²) in [6.45, 7) is 8.28. The molecule has 1 saturated heterocycles. The van der Waals surface area contributed by atoms with E-state index >= 15 is 0 Å². The Balaban J connectivity index is 2.08. The predicted octanol–water partition coefficient (Wildman–Crippen LogP) is 3.87. The first-order chi connectivity index (χ1) is 10.2. The first-order valence-electron chi connectivity index (χ1n) is 8.21. The summed E-state index contributed by atoms with van der Waals surface area (Å²) in [7, 11) is 0. The lowest BCUT2D eigenvalue weighted by molar-refractivity contribution is 0.676. The molecule has 0 bridgehead atoms. The molecule has 21 heavy (non-hydrogen) atoms. The number of aromatic nitrogens is 2. The average Bonchev–Trinajstić information content (AvgIpc) is 2.50. The van der Waals surface area contributed by atoms with Crippen molar-refractivity contribution in [3.05, 3.63) is 11.4 Å². The highest BCUT2D eigenvalue weighted by Crippen LogP contribution is 2.26. The molecule has 0 radical (unpaired) electrons. The summed E-state index contributed by atoms with van der Waals surface area (Å²) in [4.78, 5) is 9.36. The van der Waals surface area contributed by atoms with Gasteiger partial charge in [0.25, 0.3) is 0 Å². The third kappa shape index (κ3) is 4.77. The van der Waals surface area contributed by atoms with Crippen molar-refractivity contribution in [2.45, 2.75) is 58.1 Å². The molecule has 4 nitrogen and oxygen atoms in total. The van der Waals surface area contributed by atoms with Crippen LogP contribution in [0.4, 0.5) is 11.6 Å². The Morgan fingerprint density at radius 1 is 1.14 bits per heavy atom. The molecule has 2 rings (SSSR count). The molecule has 0 spiro atoms. The molecule has 1 unspecified atom stereocenters. The smallest absolute Gasteiger partial charge is 0.134 e. The van der Waals surface area contributed by atoms with Crippen LogP contribution in [0.5, 0.6) is 0 Å². The van der Waals surface area contributed by atoms with Gasteiger partial charge in [0.1, 0.15) is 17.5 Å². The minimum Gasteiger partial charge on any atom is -0.370 e. The van der Waals surface area contributed by atoms with E-state index in [0.717, 1.165) is 54.2 Å². The van der Waals surface area contributed by atoms with Gasteiger partial charge in [0, 0.05) is 30.3 Å². The number of anilines is 2. The van der Waals surface area contributed by atoms with Crippen molar-refractivity contribution in [3.63, 3.8) is 0 Å². The van der Waals surface area contributed by atoms with Crippen LogP contribution < -0.4 is 10.6 Å². The maximum Gasteiger partial charge on any atom is 0.134 e. The second-order valence-corrected chi connectivity index (χ2v) is 7.02. The molecule has 5 heteroatoms. The highest BCUT2D eigenvalue weighted by atomic mass is 32.2. The number of thioether (sulfide) groups is 1. The van der Waals surface area contributed by atoms with Crippen LogP contribution in [-0.2, 0) is 6.42 Å². The molecule has 1 aromatic rings. The highest BCUT2D eigenvalue weighted by molar-refractivity contribution is 7.99. The summed E-state index contributed by atoms with van der Waals surface area (Å²) >= 11 is 2.10. The molecule has 1 aliphatic heterocycles. The van der Waals surface area contributed by atoms with E-state index in [1.165, 1.54) is 25.0 Å². The average molecular weight is 308 g/mol. The third-order valence-electron chi connectivity index (χ3n) is 3.78. The zero-order valence-electron chi connectivity index (χ0n) is 13.5. The van der Waals surface area contributed by atoms with Crippen LogP contribution in [-0.4, -0.2) is 34.1 Å². The number of rotatable bonds is 7. The first kappa shape index (κ1) is 16.4. The van der Waals surface area contributed by atoms with Crippen LogP contribution in [0.2, 0.25) is 0 Å². The zero-order chi connectivity index (χ0) is 15.1. The van der Waals surface area contributed by atoms with Crippen molar-refractivity contribution in [2.75, 3.05) is 29.5 Å². The SMILES string of the molecule is CCCc1nc(NCC)c(C)c(NCC2CCCCS2)n1. The molecule has 118 valence electrons. The normalized spacial score (nSPS) is 18.5. The topological polar surface area (TPSA) is 49.8 Å².